The van der Waals surface area contributed by atoms with E-state index in [0.29, 0.717) is 5.92 Å². The van der Waals surface area contributed by atoms with Gasteiger partial charge < -0.3 is 14.8 Å². The fourth-order valence-electron chi connectivity index (χ4n) is 2.65. The Morgan fingerprint density at radius 1 is 1.33 bits per heavy atom. The molecule has 0 saturated heterocycles. The second-order valence-electron chi connectivity index (χ2n) is 5.08. The van der Waals surface area contributed by atoms with Crippen LogP contribution in [0.15, 0.2) is 6.07 Å². The summed E-state index contributed by atoms with van der Waals surface area (Å²) in [6.07, 6.45) is 4.49. The molecule has 1 N–H and O–H groups in total. The topological polar surface area (TPSA) is 43.4 Å². The van der Waals surface area contributed by atoms with E-state index in [1.54, 1.807) is 14.2 Å². The van der Waals surface area contributed by atoms with Gasteiger partial charge in [-0.3, -0.25) is 0 Å². The van der Waals surface area contributed by atoms with Gasteiger partial charge in [-0.15, -0.1) is 0 Å². The summed E-state index contributed by atoms with van der Waals surface area (Å²) in [6, 6.07) is 2.31. The van der Waals surface area contributed by atoms with Gasteiger partial charge >= 0.3 is 0 Å². The van der Waals surface area contributed by atoms with E-state index in [0.717, 1.165) is 24.5 Å². The zero-order valence-electron chi connectivity index (χ0n) is 11.0. The number of rotatable bonds is 4. The predicted octanol–water partition coefficient (Wildman–Crippen LogP) is 2.61. The largest absolute Gasteiger partial charge is 0.370 e. The molecule has 3 rings (SSSR count). The van der Waals surface area contributed by atoms with Gasteiger partial charge in [-0.1, -0.05) is 0 Å². The van der Waals surface area contributed by atoms with E-state index in [2.05, 4.69) is 11.4 Å². The van der Waals surface area contributed by atoms with Crippen LogP contribution >= 0.6 is 0 Å². The molecule has 18 heavy (non-hydrogen) atoms. The summed E-state index contributed by atoms with van der Waals surface area (Å²) in [5, 5.41) is 3.37. The lowest BCUT2D eigenvalue weighted by Gasteiger charge is -2.23. The van der Waals surface area contributed by atoms with Crippen molar-refractivity contribution in [3.63, 3.8) is 0 Å². The summed E-state index contributed by atoms with van der Waals surface area (Å²) in [5.74, 6) is 1.67. The molecule has 0 amide bonds. The SMILES string of the molecule is COC(OC)c1nc2c(cc1C1CC1)CCCN2. The second-order valence-corrected chi connectivity index (χ2v) is 5.08. The highest BCUT2D eigenvalue weighted by Crippen LogP contribution is 2.44. The van der Waals surface area contributed by atoms with Crippen LogP contribution in [0.3, 0.4) is 0 Å². The first-order valence-electron chi connectivity index (χ1n) is 6.66. The lowest BCUT2D eigenvalue weighted by atomic mass is 10.0. The van der Waals surface area contributed by atoms with Crippen LogP contribution in [0.1, 0.15) is 48.3 Å². The highest BCUT2D eigenvalue weighted by molar-refractivity contribution is 5.51. The van der Waals surface area contributed by atoms with Crippen LogP contribution in [0.5, 0.6) is 0 Å². The number of fused-ring (bicyclic) bond motifs is 1. The monoisotopic (exact) mass is 248 g/mol. The van der Waals surface area contributed by atoms with Crippen molar-refractivity contribution in [2.24, 2.45) is 0 Å². The van der Waals surface area contributed by atoms with Gasteiger partial charge in [0.1, 0.15) is 11.5 Å². The van der Waals surface area contributed by atoms with Crippen LogP contribution in [-0.2, 0) is 15.9 Å². The number of hydrogen-bond acceptors (Lipinski definition) is 4. The molecule has 0 spiro atoms. The lowest BCUT2D eigenvalue weighted by molar-refractivity contribution is -0.109. The number of nitrogens with one attached hydrogen (secondary N) is 1. The van der Waals surface area contributed by atoms with Crippen LogP contribution in [0.2, 0.25) is 0 Å². The fourth-order valence-corrected chi connectivity index (χ4v) is 2.65. The Bertz CT molecular complexity index is 440. The molecule has 1 saturated carbocycles. The third-order valence-electron chi connectivity index (χ3n) is 3.75. The number of hydrogen-bond donors (Lipinski definition) is 1. The molecule has 0 unspecified atom stereocenters. The maximum absolute atomic E-state index is 5.38. The Kier molecular flexibility index (Phi) is 3.22. The second kappa shape index (κ2) is 4.86. The van der Waals surface area contributed by atoms with E-state index in [1.165, 1.54) is 30.4 Å². The normalized spacial score (nSPS) is 18.6. The van der Waals surface area contributed by atoms with E-state index in [9.17, 15) is 0 Å². The van der Waals surface area contributed by atoms with Gasteiger partial charge in [0.15, 0.2) is 0 Å². The predicted molar refractivity (Wildman–Crippen MR) is 69.8 cm³/mol. The first kappa shape index (κ1) is 11.9. The summed E-state index contributed by atoms with van der Waals surface area (Å²) >= 11 is 0. The molecule has 2 aliphatic rings. The van der Waals surface area contributed by atoms with Gasteiger partial charge in [-0.2, -0.15) is 0 Å². The highest BCUT2D eigenvalue weighted by Gasteiger charge is 2.31. The molecule has 1 aliphatic carbocycles. The zero-order chi connectivity index (χ0) is 12.5. The summed E-state index contributed by atoms with van der Waals surface area (Å²) < 4.78 is 10.8. The zero-order valence-corrected chi connectivity index (χ0v) is 11.0. The highest BCUT2D eigenvalue weighted by atomic mass is 16.7. The fraction of sp³-hybridized carbons (Fsp3) is 0.643. The third-order valence-corrected chi connectivity index (χ3v) is 3.75. The maximum atomic E-state index is 5.38. The molecule has 4 nitrogen and oxygen atoms in total. The van der Waals surface area contributed by atoms with E-state index < -0.39 is 0 Å². The lowest BCUT2D eigenvalue weighted by Crippen LogP contribution is -2.17. The molecular weight excluding hydrogens is 228 g/mol. The van der Waals surface area contributed by atoms with Gasteiger partial charge in [0.25, 0.3) is 0 Å². The summed E-state index contributed by atoms with van der Waals surface area (Å²) in [4.78, 5) is 4.76. The maximum Gasteiger partial charge on any atom is 0.200 e. The third kappa shape index (κ3) is 2.10. The molecule has 4 heteroatoms. The van der Waals surface area contributed by atoms with Crippen molar-refractivity contribution in [2.45, 2.75) is 37.9 Å². The molecule has 0 radical (unpaired) electrons. The van der Waals surface area contributed by atoms with E-state index >= 15 is 0 Å². The van der Waals surface area contributed by atoms with Crippen molar-refractivity contribution in [1.82, 2.24) is 4.98 Å². The van der Waals surface area contributed by atoms with Crippen LogP contribution in [-0.4, -0.2) is 25.7 Å². The Morgan fingerprint density at radius 2 is 2.11 bits per heavy atom. The van der Waals surface area contributed by atoms with Gasteiger partial charge in [-0.05, 0) is 48.8 Å². The Hall–Kier alpha value is -1.13. The quantitative estimate of drug-likeness (QED) is 0.832. The van der Waals surface area contributed by atoms with Crippen molar-refractivity contribution in [3.05, 3.63) is 22.9 Å². The summed E-state index contributed by atoms with van der Waals surface area (Å²) in [6.45, 7) is 1.01. The summed E-state index contributed by atoms with van der Waals surface area (Å²) in [5.41, 5.74) is 3.62. The van der Waals surface area contributed by atoms with Crippen molar-refractivity contribution in [1.29, 1.82) is 0 Å². The minimum atomic E-state index is -0.352. The Morgan fingerprint density at radius 3 is 2.78 bits per heavy atom. The standard InChI is InChI=1S/C14H20N2O2/c1-17-14(18-2)12-11(9-5-6-9)8-10-4-3-7-15-13(10)16-12/h8-9,14H,3-7H2,1-2H3,(H,15,16). The molecule has 1 fully saturated rings. The minimum Gasteiger partial charge on any atom is -0.370 e. The van der Waals surface area contributed by atoms with Gasteiger partial charge in [-0.25, -0.2) is 4.98 Å². The first-order valence-corrected chi connectivity index (χ1v) is 6.66. The van der Waals surface area contributed by atoms with Crippen molar-refractivity contribution < 1.29 is 9.47 Å². The van der Waals surface area contributed by atoms with Gasteiger partial charge in [0.05, 0.1) is 0 Å². The van der Waals surface area contributed by atoms with Gasteiger partial charge in [0.2, 0.25) is 6.29 Å². The average molecular weight is 248 g/mol. The number of aryl methyl sites for hydroxylation is 1. The van der Waals surface area contributed by atoms with Crippen LogP contribution in [0, 0.1) is 0 Å². The number of ether oxygens (including phenoxy) is 2. The molecule has 1 aromatic heterocycles. The molecule has 2 heterocycles. The Balaban J connectivity index is 2.03. The molecule has 0 bridgehead atoms. The van der Waals surface area contributed by atoms with Crippen molar-refractivity contribution in [3.8, 4) is 0 Å². The van der Waals surface area contributed by atoms with Crippen molar-refractivity contribution in [2.75, 3.05) is 26.1 Å². The van der Waals surface area contributed by atoms with Crippen LogP contribution < -0.4 is 5.32 Å². The number of nitrogens with zero attached hydrogens (tertiary/aromatic N) is 1. The first-order chi connectivity index (χ1) is 8.83. The molecule has 1 aliphatic heterocycles. The Labute approximate surface area is 108 Å². The smallest absolute Gasteiger partial charge is 0.200 e. The number of methoxy groups -OCH3 is 2. The number of anilines is 1. The van der Waals surface area contributed by atoms with Crippen LogP contribution in [0.4, 0.5) is 5.82 Å². The average Bonchev–Trinajstić information content (AvgIpc) is 3.24. The summed E-state index contributed by atoms with van der Waals surface area (Å²) in [7, 11) is 3.33. The molecule has 1 aromatic rings. The number of pyridine rings is 1. The molecular formula is C14H20N2O2. The molecule has 0 atom stereocenters. The number of aromatic nitrogens is 1. The van der Waals surface area contributed by atoms with E-state index in [4.69, 9.17) is 14.5 Å². The minimum absolute atomic E-state index is 0.352. The van der Waals surface area contributed by atoms with Crippen LogP contribution in [0.25, 0.3) is 0 Å². The van der Waals surface area contributed by atoms with Gasteiger partial charge in [0, 0.05) is 20.8 Å². The molecule has 0 aromatic carbocycles. The van der Waals surface area contributed by atoms with E-state index in [1.807, 2.05) is 0 Å². The van der Waals surface area contributed by atoms with Crippen molar-refractivity contribution >= 4 is 5.82 Å². The molecule has 98 valence electrons. The van der Waals surface area contributed by atoms with E-state index in [-0.39, 0.29) is 6.29 Å².